The van der Waals surface area contributed by atoms with E-state index in [1.54, 1.807) is 0 Å². The maximum absolute atomic E-state index is 11.8. The Morgan fingerprint density at radius 1 is 1.33 bits per heavy atom. The van der Waals surface area contributed by atoms with E-state index < -0.39 is 5.54 Å². The van der Waals surface area contributed by atoms with E-state index in [0.717, 1.165) is 22.9 Å². The van der Waals surface area contributed by atoms with Gasteiger partial charge in [0, 0.05) is 10.5 Å². The Labute approximate surface area is 116 Å². The van der Waals surface area contributed by atoms with Gasteiger partial charge in [0.1, 0.15) is 5.54 Å². The van der Waals surface area contributed by atoms with Gasteiger partial charge in [-0.15, -0.1) is 0 Å². The highest BCUT2D eigenvalue weighted by Gasteiger charge is 2.35. The highest BCUT2D eigenvalue weighted by atomic mass is 79.9. The molecule has 1 amide bonds. The summed E-state index contributed by atoms with van der Waals surface area (Å²) in [5.41, 5.74) is 5.75. The zero-order chi connectivity index (χ0) is 13.2. The van der Waals surface area contributed by atoms with E-state index in [1.807, 2.05) is 31.2 Å². The molecule has 1 aliphatic carbocycles. The minimum Gasteiger partial charge on any atom is -0.368 e. The molecular weight excluding hydrogens is 292 g/mol. The van der Waals surface area contributed by atoms with Crippen LogP contribution in [0.25, 0.3) is 0 Å². The molecule has 1 saturated carbocycles. The number of nitrogens with two attached hydrogens (primary N) is 1. The Bertz CT molecular complexity index is 426. The maximum atomic E-state index is 11.8. The summed E-state index contributed by atoms with van der Waals surface area (Å²) in [7, 11) is 0. The van der Waals surface area contributed by atoms with Crippen molar-refractivity contribution in [1.29, 1.82) is 0 Å². The lowest BCUT2D eigenvalue weighted by Gasteiger charge is -2.31. The van der Waals surface area contributed by atoms with Crippen LogP contribution in [0.5, 0.6) is 0 Å². The second-order valence-electron chi connectivity index (χ2n) is 5.12. The standard InChI is InChI=1S/C14H19BrN2O/c1-14(13(16)18,17-12-4-2-3-5-12)10-6-8-11(15)9-7-10/h6-9,12,17H,2-5H2,1H3,(H2,16,18). The van der Waals surface area contributed by atoms with Gasteiger partial charge in [-0.2, -0.15) is 0 Å². The highest BCUT2D eigenvalue weighted by Crippen LogP contribution is 2.27. The molecule has 0 aromatic heterocycles. The number of hydrogen-bond donors (Lipinski definition) is 2. The number of primary amides is 1. The minimum atomic E-state index is -0.782. The molecule has 0 saturated heterocycles. The first-order valence-corrected chi connectivity index (χ1v) is 7.15. The molecule has 3 nitrogen and oxygen atoms in total. The number of carbonyl (C=O) groups excluding carboxylic acids is 1. The summed E-state index contributed by atoms with van der Waals surface area (Å²) < 4.78 is 0.999. The van der Waals surface area contributed by atoms with E-state index >= 15 is 0 Å². The SMILES string of the molecule is CC(NC1CCCC1)(C(N)=O)c1ccc(Br)cc1. The van der Waals surface area contributed by atoms with Crippen LogP contribution in [0.15, 0.2) is 28.7 Å². The molecule has 98 valence electrons. The highest BCUT2D eigenvalue weighted by molar-refractivity contribution is 9.10. The lowest BCUT2D eigenvalue weighted by atomic mass is 9.90. The quantitative estimate of drug-likeness (QED) is 0.898. The number of carbonyl (C=O) groups is 1. The largest absolute Gasteiger partial charge is 0.368 e. The fourth-order valence-electron chi connectivity index (χ4n) is 2.56. The van der Waals surface area contributed by atoms with Gasteiger partial charge in [0.05, 0.1) is 0 Å². The second-order valence-corrected chi connectivity index (χ2v) is 6.04. The molecule has 2 rings (SSSR count). The Morgan fingerprint density at radius 2 is 1.89 bits per heavy atom. The van der Waals surface area contributed by atoms with Crippen LogP contribution in [0.1, 0.15) is 38.2 Å². The average Bonchev–Trinajstić information content (AvgIpc) is 2.82. The van der Waals surface area contributed by atoms with Crippen LogP contribution in [0.2, 0.25) is 0 Å². The lowest BCUT2D eigenvalue weighted by Crippen LogP contribution is -2.53. The number of benzene rings is 1. The summed E-state index contributed by atoms with van der Waals surface area (Å²) in [5, 5.41) is 3.44. The van der Waals surface area contributed by atoms with Crippen LogP contribution in [-0.4, -0.2) is 11.9 Å². The molecule has 1 aromatic rings. The molecule has 18 heavy (non-hydrogen) atoms. The third kappa shape index (κ3) is 2.75. The molecule has 1 unspecified atom stereocenters. The van der Waals surface area contributed by atoms with Crippen LogP contribution < -0.4 is 11.1 Å². The minimum absolute atomic E-state index is 0.322. The molecule has 1 atom stereocenters. The third-order valence-corrected chi connectivity index (χ3v) is 4.29. The van der Waals surface area contributed by atoms with Gasteiger partial charge in [0.15, 0.2) is 0 Å². The van der Waals surface area contributed by atoms with E-state index in [4.69, 9.17) is 5.73 Å². The topological polar surface area (TPSA) is 55.1 Å². The smallest absolute Gasteiger partial charge is 0.242 e. The zero-order valence-corrected chi connectivity index (χ0v) is 12.2. The fraction of sp³-hybridized carbons (Fsp3) is 0.500. The van der Waals surface area contributed by atoms with Crippen molar-refractivity contribution in [3.63, 3.8) is 0 Å². The Hall–Kier alpha value is -0.870. The molecular formula is C14H19BrN2O. The van der Waals surface area contributed by atoms with Gasteiger partial charge in [-0.05, 0) is 37.5 Å². The van der Waals surface area contributed by atoms with Gasteiger partial charge in [-0.25, -0.2) is 0 Å². The monoisotopic (exact) mass is 310 g/mol. The van der Waals surface area contributed by atoms with Crippen molar-refractivity contribution >= 4 is 21.8 Å². The van der Waals surface area contributed by atoms with Crippen LogP contribution in [0, 0.1) is 0 Å². The zero-order valence-electron chi connectivity index (χ0n) is 10.6. The van der Waals surface area contributed by atoms with Gasteiger partial charge in [0.2, 0.25) is 5.91 Å². The van der Waals surface area contributed by atoms with Crippen molar-refractivity contribution in [2.45, 2.75) is 44.2 Å². The number of rotatable bonds is 4. The van der Waals surface area contributed by atoms with Crippen molar-refractivity contribution in [2.75, 3.05) is 0 Å². The van der Waals surface area contributed by atoms with Gasteiger partial charge >= 0.3 is 0 Å². The molecule has 4 heteroatoms. The third-order valence-electron chi connectivity index (χ3n) is 3.76. The van der Waals surface area contributed by atoms with E-state index in [1.165, 1.54) is 12.8 Å². The number of amides is 1. The van der Waals surface area contributed by atoms with Crippen molar-refractivity contribution in [3.8, 4) is 0 Å². The second kappa shape index (κ2) is 5.41. The summed E-state index contributed by atoms with van der Waals surface area (Å²) >= 11 is 3.40. The molecule has 0 heterocycles. The summed E-state index contributed by atoms with van der Waals surface area (Å²) in [6, 6.07) is 8.15. The average molecular weight is 311 g/mol. The number of hydrogen-bond acceptors (Lipinski definition) is 2. The predicted octanol–water partition coefficient (Wildman–Crippen LogP) is 2.68. The Morgan fingerprint density at radius 3 is 2.39 bits per heavy atom. The molecule has 1 fully saturated rings. The fourth-order valence-corrected chi connectivity index (χ4v) is 2.82. The van der Waals surface area contributed by atoms with Crippen molar-refractivity contribution in [3.05, 3.63) is 34.3 Å². The molecule has 1 aromatic carbocycles. The van der Waals surface area contributed by atoms with Crippen LogP contribution in [0.3, 0.4) is 0 Å². The van der Waals surface area contributed by atoms with Crippen molar-refractivity contribution in [1.82, 2.24) is 5.32 Å². The number of halogens is 1. The van der Waals surface area contributed by atoms with Gasteiger partial charge in [0.25, 0.3) is 0 Å². The summed E-state index contributed by atoms with van der Waals surface area (Å²) in [6.07, 6.45) is 4.71. The lowest BCUT2D eigenvalue weighted by molar-refractivity contribution is -0.124. The first-order chi connectivity index (χ1) is 8.52. The first-order valence-electron chi connectivity index (χ1n) is 6.36. The summed E-state index contributed by atoms with van der Waals surface area (Å²) in [4.78, 5) is 11.8. The first kappa shape index (κ1) is 13.6. The Balaban J connectivity index is 2.25. The molecule has 1 aliphatic rings. The summed E-state index contributed by atoms with van der Waals surface area (Å²) in [5.74, 6) is -0.322. The van der Waals surface area contributed by atoms with E-state index in [9.17, 15) is 4.79 Å². The normalized spacial score (nSPS) is 19.7. The van der Waals surface area contributed by atoms with Crippen molar-refractivity contribution < 1.29 is 4.79 Å². The van der Waals surface area contributed by atoms with E-state index in [-0.39, 0.29) is 5.91 Å². The van der Waals surface area contributed by atoms with Gasteiger partial charge < -0.3 is 5.73 Å². The van der Waals surface area contributed by atoms with Crippen LogP contribution in [0.4, 0.5) is 0 Å². The molecule has 3 N–H and O–H groups in total. The van der Waals surface area contributed by atoms with Gasteiger partial charge in [-0.3, -0.25) is 10.1 Å². The molecule has 0 spiro atoms. The molecule has 0 aliphatic heterocycles. The van der Waals surface area contributed by atoms with E-state index in [0.29, 0.717) is 6.04 Å². The predicted molar refractivity (Wildman–Crippen MR) is 76.1 cm³/mol. The van der Waals surface area contributed by atoms with Crippen LogP contribution >= 0.6 is 15.9 Å². The van der Waals surface area contributed by atoms with Crippen molar-refractivity contribution in [2.24, 2.45) is 5.73 Å². The summed E-state index contributed by atoms with van der Waals surface area (Å²) in [6.45, 7) is 1.87. The van der Waals surface area contributed by atoms with Gasteiger partial charge in [-0.1, -0.05) is 40.9 Å². The molecule has 0 radical (unpaired) electrons. The maximum Gasteiger partial charge on any atom is 0.242 e. The van der Waals surface area contributed by atoms with E-state index in [2.05, 4.69) is 21.2 Å². The molecule has 0 bridgehead atoms. The van der Waals surface area contributed by atoms with Crippen LogP contribution in [-0.2, 0) is 10.3 Å². The Kier molecular flexibility index (Phi) is 4.07. The number of nitrogens with one attached hydrogen (secondary N) is 1.